The van der Waals surface area contributed by atoms with Gasteiger partial charge >= 0.3 is 6.18 Å². The van der Waals surface area contributed by atoms with Gasteiger partial charge in [-0.3, -0.25) is 0 Å². The number of piperazine rings is 2. The van der Waals surface area contributed by atoms with Gasteiger partial charge < -0.3 is 40.0 Å². The van der Waals surface area contributed by atoms with E-state index in [2.05, 4.69) is 97.8 Å². The summed E-state index contributed by atoms with van der Waals surface area (Å²) < 4.78 is 40.2. The highest BCUT2D eigenvalue weighted by Crippen LogP contribution is 2.36. The van der Waals surface area contributed by atoms with Crippen LogP contribution in [-0.2, 0) is 6.18 Å². The molecular formula is C47H56F3N13. The second-order valence-corrected chi connectivity index (χ2v) is 16.2. The third-order valence-electron chi connectivity index (χ3n) is 10.9. The quantitative estimate of drug-likeness (QED) is 0.138. The maximum atomic E-state index is 13.4. The standard InChI is InChI=1S/C24H30N6.C23H26F3N7/c1-18-9-11-20(12-10-18)25-22-17-23(28(3)4)27-24(26-22)30-15-13-29(14-16-30)21-8-6-5-7-19(21)2;1-16-6-8-17(9-7-16)28-19-15-20(31(2)3)30-22(29-19)33-13-11-32(12-14-33)21-18(23(24,25)26)5-4-10-27-21/h5-12,17H,13-16H2,1-4H3,(H,25,26,27);4-10,15H,11-14H2,1-3H3,(H,28,29,30). The Bertz CT molecular complexity index is 2430. The molecule has 0 amide bonds. The van der Waals surface area contributed by atoms with Crippen molar-refractivity contribution in [2.75, 3.05) is 121 Å². The topological polar surface area (TPSA) is 108 Å². The summed E-state index contributed by atoms with van der Waals surface area (Å²) in [6.45, 7) is 11.7. The van der Waals surface area contributed by atoms with Gasteiger partial charge in [-0.2, -0.15) is 33.1 Å². The minimum atomic E-state index is -4.44. The van der Waals surface area contributed by atoms with Gasteiger partial charge in [-0.05, 0) is 68.8 Å². The molecule has 13 nitrogen and oxygen atoms in total. The van der Waals surface area contributed by atoms with E-state index >= 15 is 0 Å². The first-order valence-electron chi connectivity index (χ1n) is 21.1. The molecule has 3 aromatic heterocycles. The zero-order chi connectivity index (χ0) is 44.7. The largest absolute Gasteiger partial charge is 0.419 e. The van der Waals surface area contributed by atoms with Gasteiger partial charge in [0.2, 0.25) is 11.9 Å². The number of benzene rings is 3. The first kappa shape index (κ1) is 44.2. The number of nitrogens with one attached hydrogen (secondary N) is 2. The molecule has 8 rings (SSSR count). The predicted molar refractivity (Wildman–Crippen MR) is 251 cm³/mol. The molecule has 63 heavy (non-hydrogen) atoms. The Morgan fingerprint density at radius 1 is 0.524 bits per heavy atom. The molecule has 0 aliphatic carbocycles. The van der Waals surface area contributed by atoms with E-state index in [0.717, 1.165) is 72.6 Å². The highest BCUT2D eigenvalue weighted by Gasteiger charge is 2.36. The fraction of sp³-hybridized carbons (Fsp3) is 0.340. The van der Waals surface area contributed by atoms with Crippen molar-refractivity contribution in [1.29, 1.82) is 0 Å². The Kier molecular flexibility index (Phi) is 13.7. The number of alkyl halides is 3. The van der Waals surface area contributed by atoms with Gasteiger partial charge in [-0.1, -0.05) is 53.6 Å². The smallest absolute Gasteiger partial charge is 0.368 e. The molecule has 2 N–H and O–H groups in total. The van der Waals surface area contributed by atoms with Crippen molar-refractivity contribution in [3.05, 3.63) is 126 Å². The van der Waals surface area contributed by atoms with Crippen molar-refractivity contribution in [3.63, 3.8) is 0 Å². The van der Waals surface area contributed by atoms with Gasteiger partial charge in [0.1, 0.15) is 29.1 Å². The fourth-order valence-electron chi connectivity index (χ4n) is 7.34. The van der Waals surface area contributed by atoms with Crippen LogP contribution in [0.1, 0.15) is 22.3 Å². The van der Waals surface area contributed by atoms with Gasteiger partial charge in [0, 0.05) is 116 Å². The molecule has 0 spiro atoms. The van der Waals surface area contributed by atoms with Crippen molar-refractivity contribution in [3.8, 4) is 0 Å². The minimum absolute atomic E-state index is 0.0330. The van der Waals surface area contributed by atoms with Gasteiger partial charge in [-0.15, -0.1) is 0 Å². The number of rotatable bonds is 10. The number of pyridine rings is 1. The second kappa shape index (κ2) is 19.5. The van der Waals surface area contributed by atoms with Crippen LogP contribution in [0.4, 0.5) is 71.2 Å². The van der Waals surface area contributed by atoms with Gasteiger partial charge in [-0.25, -0.2) is 4.98 Å². The highest BCUT2D eigenvalue weighted by molar-refractivity contribution is 5.64. The Balaban J connectivity index is 0.000000190. The minimum Gasteiger partial charge on any atom is -0.368 e. The molecular weight excluding hydrogens is 804 g/mol. The Morgan fingerprint density at radius 3 is 1.41 bits per heavy atom. The monoisotopic (exact) mass is 859 g/mol. The number of aromatic nitrogens is 5. The first-order valence-corrected chi connectivity index (χ1v) is 21.1. The van der Waals surface area contributed by atoms with Crippen molar-refractivity contribution < 1.29 is 13.2 Å². The lowest BCUT2D eigenvalue weighted by atomic mass is 10.1. The van der Waals surface area contributed by atoms with Crippen LogP contribution < -0.4 is 40.0 Å². The highest BCUT2D eigenvalue weighted by atomic mass is 19.4. The van der Waals surface area contributed by atoms with Crippen LogP contribution in [0.25, 0.3) is 0 Å². The average molecular weight is 860 g/mol. The Morgan fingerprint density at radius 2 is 0.968 bits per heavy atom. The molecule has 0 radical (unpaired) electrons. The molecule has 5 heterocycles. The van der Waals surface area contributed by atoms with Gasteiger partial charge in [0.25, 0.3) is 0 Å². The van der Waals surface area contributed by atoms with Crippen LogP contribution in [-0.4, -0.2) is 105 Å². The lowest BCUT2D eigenvalue weighted by Crippen LogP contribution is -2.48. The molecule has 0 bridgehead atoms. The van der Waals surface area contributed by atoms with Gasteiger partial charge in [0.05, 0.1) is 5.56 Å². The van der Waals surface area contributed by atoms with E-state index in [1.165, 1.54) is 29.1 Å². The molecule has 0 unspecified atom stereocenters. The normalized spacial score (nSPS) is 14.2. The molecule has 6 aromatic rings. The van der Waals surface area contributed by atoms with E-state index in [-0.39, 0.29) is 5.82 Å². The van der Waals surface area contributed by atoms with E-state index < -0.39 is 11.7 Å². The molecule has 2 aliphatic rings. The number of hydrogen-bond donors (Lipinski definition) is 2. The van der Waals surface area contributed by atoms with Crippen molar-refractivity contribution in [1.82, 2.24) is 24.9 Å². The summed E-state index contributed by atoms with van der Waals surface area (Å²) in [5, 5.41) is 6.75. The molecule has 2 fully saturated rings. The molecule has 3 aromatic carbocycles. The molecule has 16 heteroatoms. The van der Waals surface area contributed by atoms with Crippen LogP contribution >= 0.6 is 0 Å². The lowest BCUT2D eigenvalue weighted by Gasteiger charge is -2.37. The average Bonchev–Trinajstić information content (AvgIpc) is 3.28. The van der Waals surface area contributed by atoms with E-state index in [4.69, 9.17) is 9.97 Å². The summed E-state index contributed by atoms with van der Waals surface area (Å²) in [4.78, 5) is 35.3. The van der Waals surface area contributed by atoms with Gasteiger partial charge in [0.15, 0.2) is 0 Å². The number of aryl methyl sites for hydroxylation is 3. The van der Waals surface area contributed by atoms with E-state index in [1.807, 2.05) is 86.2 Å². The third-order valence-corrected chi connectivity index (χ3v) is 10.9. The summed E-state index contributed by atoms with van der Waals surface area (Å²) in [6, 6.07) is 31.2. The molecule has 330 valence electrons. The Hall–Kier alpha value is -6.84. The maximum Gasteiger partial charge on any atom is 0.419 e. The van der Waals surface area contributed by atoms with Crippen LogP contribution in [0.3, 0.4) is 0 Å². The second-order valence-electron chi connectivity index (χ2n) is 16.2. The van der Waals surface area contributed by atoms with E-state index in [0.29, 0.717) is 37.9 Å². The van der Waals surface area contributed by atoms with E-state index in [1.54, 1.807) is 4.90 Å². The Labute approximate surface area is 368 Å². The maximum absolute atomic E-state index is 13.4. The first-order chi connectivity index (χ1) is 30.2. The molecule has 0 saturated carbocycles. The third kappa shape index (κ3) is 11.4. The number of halogens is 3. The number of nitrogens with zero attached hydrogens (tertiary/aromatic N) is 11. The summed E-state index contributed by atoms with van der Waals surface area (Å²) in [5.74, 6) is 4.38. The van der Waals surface area contributed by atoms with Crippen LogP contribution in [0.2, 0.25) is 0 Å². The molecule has 0 atom stereocenters. The van der Waals surface area contributed by atoms with Crippen LogP contribution in [0, 0.1) is 20.8 Å². The SMILES string of the molecule is Cc1ccc(Nc2cc(N(C)C)nc(N3CCN(c4ccccc4C)CC3)n2)cc1.Cc1ccc(Nc2cc(N(C)C)nc(N3CCN(c4ncccc4C(F)(F)F)CC3)n2)cc1. The number of anilines is 10. The lowest BCUT2D eigenvalue weighted by molar-refractivity contribution is -0.137. The van der Waals surface area contributed by atoms with Crippen LogP contribution in [0.15, 0.2) is 103 Å². The van der Waals surface area contributed by atoms with Crippen LogP contribution in [0.5, 0.6) is 0 Å². The molecule has 2 aliphatic heterocycles. The van der Waals surface area contributed by atoms with Crippen molar-refractivity contribution in [2.45, 2.75) is 26.9 Å². The zero-order valence-electron chi connectivity index (χ0n) is 37.0. The summed E-state index contributed by atoms with van der Waals surface area (Å²) in [6.07, 6.45) is -3.05. The number of para-hydroxylation sites is 1. The van der Waals surface area contributed by atoms with Crippen molar-refractivity contribution >= 4 is 58.0 Å². The predicted octanol–water partition coefficient (Wildman–Crippen LogP) is 8.56. The zero-order valence-corrected chi connectivity index (χ0v) is 37.0. The number of hydrogen-bond acceptors (Lipinski definition) is 13. The van der Waals surface area contributed by atoms with Crippen molar-refractivity contribution in [2.24, 2.45) is 0 Å². The molecule has 2 saturated heterocycles. The van der Waals surface area contributed by atoms with E-state index in [9.17, 15) is 13.2 Å². The summed E-state index contributed by atoms with van der Waals surface area (Å²) in [5.41, 5.74) is 6.27. The fourth-order valence-corrected chi connectivity index (χ4v) is 7.34. The summed E-state index contributed by atoms with van der Waals surface area (Å²) >= 11 is 0. The summed E-state index contributed by atoms with van der Waals surface area (Å²) in [7, 11) is 7.83.